The molecule has 21 heavy (non-hydrogen) atoms. The molecule has 1 saturated heterocycles. The summed E-state index contributed by atoms with van der Waals surface area (Å²) in [6, 6.07) is 5.74. The van der Waals surface area contributed by atoms with E-state index in [1.807, 2.05) is 47.1 Å². The van der Waals surface area contributed by atoms with E-state index < -0.39 is 0 Å². The van der Waals surface area contributed by atoms with Crippen molar-refractivity contribution in [3.05, 3.63) is 36.3 Å². The molecule has 1 fully saturated rings. The number of aromatic nitrogens is 2. The number of nitrogens with zero attached hydrogens (tertiary/aromatic N) is 3. The van der Waals surface area contributed by atoms with Gasteiger partial charge in [-0.05, 0) is 31.0 Å². The highest BCUT2D eigenvalue weighted by atomic mass is 16.2. The molecule has 3 rings (SSSR count). The van der Waals surface area contributed by atoms with Crippen LogP contribution < -0.4 is 5.73 Å². The molecule has 1 aliphatic rings. The molecule has 0 aromatic carbocycles. The van der Waals surface area contributed by atoms with Gasteiger partial charge in [0.2, 0.25) is 5.91 Å². The Bertz CT molecular complexity index is 656. The van der Waals surface area contributed by atoms with Crippen molar-refractivity contribution in [1.82, 2.24) is 14.5 Å². The summed E-state index contributed by atoms with van der Waals surface area (Å²) in [6.07, 6.45) is 6.46. The van der Waals surface area contributed by atoms with Crippen LogP contribution in [0.25, 0.3) is 11.3 Å². The van der Waals surface area contributed by atoms with E-state index in [2.05, 4.69) is 4.98 Å². The van der Waals surface area contributed by atoms with Gasteiger partial charge >= 0.3 is 0 Å². The molecule has 110 valence electrons. The molecule has 2 N–H and O–H groups in total. The number of amides is 1. The van der Waals surface area contributed by atoms with Gasteiger partial charge in [0.05, 0.1) is 23.5 Å². The summed E-state index contributed by atoms with van der Waals surface area (Å²) >= 11 is 0. The molecule has 1 amide bonds. The second kappa shape index (κ2) is 5.60. The summed E-state index contributed by atoms with van der Waals surface area (Å²) in [7, 11) is 1.97. The van der Waals surface area contributed by atoms with E-state index in [9.17, 15) is 4.79 Å². The van der Waals surface area contributed by atoms with E-state index in [4.69, 9.17) is 5.73 Å². The summed E-state index contributed by atoms with van der Waals surface area (Å²) in [5, 5.41) is 0. The molecule has 0 unspecified atom stereocenters. The third-order valence-corrected chi connectivity index (χ3v) is 3.91. The van der Waals surface area contributed by atoms with Crippen LogP contribution in [0.4, 0.5) is 5.69 Å². The van der Waals surface area contributed by atoms with Crippen LogP contribution in [0.3, 0.4) is 0 Å². The molecule has 2 aromatic heterocycles. The number of likely N-dealkylation sites (tertiary alicyclic amines) is 1. The summed E-state index contributed by atoms with van der Waals surface area (Å²) in [4.78, 5) is 18.7. The highest BCUT2D eigenvalue weighted by molar-refractivity contribution is 5.80. The maximum Gasteiger partial charge on any atom is 0.228 e. The maximum absolute atomic E-state index is 12.2. The zero-order valence-corrected chi connectivity index (χ0v) is 12.2. The van der Waals surface area contributed by atoms with Crippen LogP contribution in [0.2, 0.25) is 0 Å². The fourth-order valence-corrected chi connectivity index (χ4v) is 2.69. The lowest BCUT2D eigenvalue weighted by atomic mass is 10.1. The van der Waals surface area contributed by atoms with Gasteiger partial charge in [0.25, 0.3) is 0 Å². The van der Waals surface area contributed by atoms with Crippen LogP contribution in [0, 0.1) is 0 Å². The van der Waals surface area contributed by atoms with Gasteiger partial charge in [-0.2, -0.15) is 0 Å². The summed E-state index contributed by atoms with van der Waals surface area (Å²) in [5.74, 6) is 0.122. The summed E-state index contributed by atoms with van der Waals surface area (Å²) in [6.45, 7) is 1.72. The van der Waals surface area contributed by atoms with Crippen molar-refractivity contribution >= 4 is 11.6 Å². The Balaban J connectivity index is 1.82. The number of nitrogen functional groups attached to an aromatic ring is 1. The van der Waals surface area contributed by atoms with Gasteiger partial charge in [0, 0.05) is 38.1 Å². The minimum atomic E-state index is 0.122. The SMILES string of the molecule is Cn1ccc(-c2ccc(N)c(CC(=O)N3CCCC3)n2)c1. The number of carbonyl (C=O) groups is 1. The van der Waals surface area contributed by atoms with E-state index >= 15 is 0 Å². The zero-order chi connectivity index (χ0) is 14.8. The lowest BCUT2D eigenvalue weighted by Crippen LogP contribution is -2.29. The summed E-state index contributed by atoms with van der Waals surface area (Å²) in [5.41, 5.74) is 9.13. The molecule has 0 atom stereocenters. The number of hydrogen-bond acceptors (Lipinski definition) is 3. The molecule has 0 bridgehead atoms. The number of rotatable bonds is 3. The van der Waals surface area contributed by atoms with E-state index in [-0.39, 0.29) is 12.3 Å². The highest BCUT2D eigenvalue weighted by Crippen LogP contribution is 2.21. The van der Waals surface area contributed by atoms with E-state index in [1.54, 1.807) is 0 Å². The van der Waals surface area contributed by atoms with Crippen molar-refractivity contribution in [2.75, 3.05) is 18.8 Å². The minimum absolute atomic E-state index is 0.122. The Morgan fingerprint density at radius 1 is 1.29 bits per heavy atom. The number of carbonyl (C=O) groups excluding carboxylic acids is 1. The molecular formula is C16H20N4O. The maximum atomic E-state index is 12.2. The van der Waals surface area contributed by atoms with Crippen molar-refractivity contribution in [3.63, 3.8) is 0 Å². The van der Waals surface area contributed by atoms with Crippen LogP contribution in [0.15, 0.2) is 30.6 Å². The predicted molar refractivity (Wildman–Crippen MR) is 82.6 cm³/mol. The first-order valence-electron chi connectivity index (χ1n) is 7.29. The molecule has 0 spiro atoms. The van der Waals surface area contributed by atoms with E-state index in [1.165, 1.54) is 0 Å². The van der Waals surface area contributed by atoms with Crippen molar-refractivity contribution in [2.24, 2.45) is 7.05 Å². The number of pyridine rings is 1. The van der Waals surface area contributed by atoms with Crippen LogP contribution in [0.5, 0.6) is 0 Å². The van der Waals surface area contributed by atoms with Crippen LogP contribution >= 0.6 is 0 Å². The predicted octanol–water partition coefficient (Wildman–Crippen LogP) is 1.83. The first-order valence-corrected chi connectivity index (χ1v) is 7.29. The third-order valence-electron chi connectivity index (χ3n) is 3.91. The second-order valence-electron chi connectivity index (χ2n) is 5.56. The van der Waals surface area contributed by atoms with Gasteiger partial charge in [0.1, 0.15) is 0 Å². The molecule has 0 aliphatic carbocycles. The third kappa shape index (κ3) is 2.91. The fraction of sp³-hybridized carbons (Fsp3) is 0.375. The standard InChI is InChI=1S/C16H20N4O/c1-19-9-6-12(11-19)14-5-4-13(17)15(18-14)10-16(21)20-7-2-3-8-20/h4-6,9,11H,2-3,7-8,10,17H2,1H3. The first kappa shape index (κ1) is 13.7. The zero-order valence-electron chi connectivity index (χ0n) is 12.2. The van der Waals surface area contributed by atoms with Crippen LogP contribution in [-0.2, 0) is 18.3 Å². The van der Waals surface area contributed by atoms with Gasteiger partial charge in [0.15, 0.2) is 0 Å². The molecule has 2 aromatic rings. The fourth-order valence-electron chi connectivity index (χ4n) is 2.69. The van der Waals surface area contributed by atoms with E-state index in [0.717, 1.165) is 37.2 Å². The topological polar surface area (TPSA) is 64.2 Å². The molecule has 1 aliphatic heterocycles. The van der Waals surface area contributed by atoms with Gasteiger partial charge in [-0.15, -0.1) is 0 Å². The number of aryl methyl sites for hydroxylation is 1. The van der Waals surface area contributed by atoms with Crippen molar-refractivity contribution in [2.45, 2.75) is 19.3 Å². The first-order chi connectivity index (χ1) is 10.1. The molecule has 3 heterocycles. The average molecular weight is 284 g/mol. The average Bonchev–Trinajstić information content (AvgIpc) is 3.12. The Morgan fingerprint density at radius 2 is 2.05 bits per heavy atom. The van der Waals surface area contributed by atoms with Crippen LogP contribution in [0.1, 0.15) is 18.5 Å². The van der Waals surface area contributed by atoms with Crippen molar-refractivity contribution < 1.29 is 4.79 Å². The van der Waals surface area contributed by atoms with Gasteiger partial charge in [-0.1, -0.05) is 0 Å². The number of anilines is 1. The normalized spacial score (nSPS) is 14.6. The van der Waals surface area contributed by atoms with Gasteiger partial charge in [-0.3, -0.25) is 9.78 Å². The molecule has 0 radical (unpaired) electrons. The van der Waals surface area contributed by atoms with Gasteiger partial charge < -0.3 is 15.2 Å². The Kier molecular flexibility index (Phi) is 3.64. The lowest BCUT2D eigenvalue weighted by Gasteiger charge is -2.15. The minimum Gasteiger partial charge on any atom is -0.397 e. The van der Waals surface area contributed by atoms with Crippen molar-refractivity contribution in [1.29, 1.82) is 0 Å². The second-order valence-corrected chi connectivity index (χ2v) is 5.56. The number of hydrogen-bond donors (Lipinski definition) is 1. The van der Waals surface area contributed by atoms with Crippen molar-refractivity contribution in [3.8, 4) is 11.3 Å². The molecule has 0 saturated carbocycles. The van der Waals surface area contributed by atoms with Gasteiger partial charge in [-0.25, -0.2) is 0 Å². The molecular weight excluding hydrogens is 264 g/mol. The highest BCUT2D eigenvalue weighted by Gasteiger charge is 2.19. The van der Waals surface area contributed by atoms with E-state index in [0.29, 0.717) is 11.4 Å². The van der Waals surface area contributed by atoms with Crippen LogP contribution in [-0.4, -0.2) is 33.4 Å². The Hall–Kier alpha value is -2.30. The largest absolute Gasteiger partial charge is 0.397 e. The quantitative estimate of drug-likeness (QED) is 0.935. The monoisotopic (exact) mass is 284 g/mol. The Morgan fingerprint density at radius 3 is 2.71 bits per heavy atom. The molecule has 5 nitrogen and oxygen atoms in total. The lowest BCUT2D eigenvalue weighted by molar-refractivity contribution is -0.129. The summed E-state index contributed by atoms with van der Waals surface area (Å²) < 4.78 is 1.97. The Labute approximate surface area is 124 Å². The molecule has 5 heteroatoms. The smallest absolute Gasteiger partial charge is 0.228 e. The number of nitrogens with two attached hydrogens (primary N) is 1.